The summed E-state index contributed by atoms with van der Waals surface area (Å²) in [6.45, 7) is 8.75. The molecule has 1 aromatic rings. The van der Waals surface area contributed by atoms with Gasteiger partial charge in [0, 0.05) is 18.0 Å². The highest BCUT2D eigenvalue weighted by Crippen LogP contribution is 2.29. The van der Waals surface area contributed by atoms with Gasteiger partial charge < -0.3 is 10.2 Å². The van der Waals surface area contributed by atoms with Gasteiger partial charge in [-0.1, -0.05) is 32.9 Å². The van der Waals surface area contributed by atoms with Crippen molar-refractivity contribution in [2.75, 3.05) is 19.3 Å². The molecule has 5 heteroatoms. The molecule has 1 aliphatic rings. The third-order valence-electron chi connectivity index (χ3n) is 4.15. The van der Waals surface area contributed by atoms with Gasteiger partial charge in [-0.25, -0.2) is 0 Å². The van der Waals surface area contributed by atoms with Gasteiger partial charge in [-0.2, -0.15) is 0 Å². The van der Waals surface area contributed by atoms with E-state index >= 15 is 0 Å². The SMILES string of the molecule is Cc1ccc(C(C)(C)C)cc1SCC(=O)N(C)CC(=O)NC1CC1. The van der Waals surface area contributed by atoms with E-state index in [1.807, 2.05) is 0 Å². The largest absolute Gasteiger partial charge is 0.352 e. The fourth-order valence-corrected chi connectivity index (χ4v) is 3.28. The second-order valence-corrected chi connectivity index (χ2v) is 8.63. The maximum absolute atomic E-state index is 12.3. The van der Waals surface area contributed by atoms with Gasteiger partial charge in [0.1, 0.15) is 0 Å². The van der Waals surface area contributed by atoms with Crippen LogP contribution >= 0.6 is 11.8 Å². The zero-order valence-corrected chi connectivity index (χ0v) is 16.1. The molecule has 1 aliphatic carbocycles. The zero-order chi connectivity index (χ0) is 17.9. The normalized spacial score (nSPS) is 14.4. The van der Waals surface area contributed by atoms with Crippen LogP contribution < -0.4 is 5.32 Å². The molecule has 0 spiro atoms. The molecule has 0 aliphatic heterocycles. The van der Waals surface area contributed by atoms with E-state index in [1.54, 1.807) is 18.8 Å². The Hall–Kier alpha value is -1.49. The van der Waals surface area contributed by atoms with E-state index in [-0.39, 0.29) is 23.8 Å². The first-order valence-corrected chi connectivity index (χ1v) is 9.42. The Bertz CT molecular complexity index is 618. The molecule has 2 amide bonds. The number of thioether (sulfide) groups is 1. The summed E-state index contributed by atoms with van der Waals surface area (Å²) in [6.07, 6.45) is 2.12. The summed E-state index contributed by atoms with van der Waals surface area (Å²) in [5.41, 5.74) is 2.53. The van der Waals surface area contributed by atoms with Gasteiger partial charge >= 0.3 is 0 Å². The Balaban J connectivity index is 1.89. The number of likely N-dealkylation sites (N-methyl/N-ethyl adjacent to an activating group) is 1. The minimum Gasteiger partial charge on any atom is -0.352 e. The lowest BCUT2D eigenvalue weighted by Crippen LogP contribution is -2.39. The van der Waals surface area contributed by atoms with Gasteiger partial charge in [-0.3, -0.25) is 9.59 Å². The van der Waals surface area contributed by atoms with Crippen LogP contribution in [0.4, 0.5) is 0 Å². The van der Waals surface area contributed by atoms with Crippen molar-refractivity contribution in [2.45, 2.75) is 56.9 Å². The van der Waals surface area contributed by atoms with Crippen molar-refractivity contribution in [2.24, 2.45) is 0 Å². The molecule has 132 valence electrons. The lowest BCUT2D eigenvalue weighted by Gasteiger charge is -2.21. The fourth-order valence-electron chi connectivity index (χ4n) is 2.28. The van der Waals surface area contributed by atoms with E-state index < -0.39 is 0 Å². The van der Waals surface area contributed by atoms with Gasteiger partial charge in [0.2, 0.25) is 11.8 Å². The molecule has 0 heterocycles. The second kappa shape index (κ2) is 7.60. The van der Waals surface area contributed by atoms with Crippen LogP contribution in [0.15, 0.2) is 23.1 Å². The molecule has 0 unspecified atom stereocenters. The van der Waals surface area contributed by atoms with Crippen molar-refractivity contribution < 1.29 is 9.59 Å². The van der Waals surface area contributed by atoms with Gasteiger partial charge in [0.05, 0.1) is 12.3 Å². The first-order valence-electron chi connectivity index (χ1n) is 8.44. The average molecular weight is 349 g/mol. The fraction of sp³-hybridized carbons (Fsp3) is 0.579. The standard InChI is InChI=1S/C19H28N2O2S/c1-13-6-7-14(19(2,3)4)10-16(13)24-12-18(23)21(5)11-17(22)20-15-8-9-15/h6-7,10,15H,8-9,11-12H2,1-5H3,(H,20,22). The first-order chi connectivity index (χ1) is 11.2. The molecule has 1 saturated carbocycles. The predicted molar refractivity (Wildman–Crippen MR) is 99.4 cm³/mol. The van der Waals surface area contributed by atoms with Gasteiger partial charge in [-0.05, 0) is 42.4 Å². The zero-order valence-electron chi connectivity index (χ0n) is 15.3. The summed E-state index contributed by atoms with van der Waals surface area (Å²) in [7, 11) is 1.69. The minimum absolute atomic E-state index is 0.0218. The monoisotopic (exact) mass is 348 g/mol. The Morgan fingerprint density at radius 1 is 1.29 bits per heavy atom. The Morgan fingerprint density at radius 2 is 1.96 bits per heavy atom. The number of hydrogen-bond donors (Lipinski definition) is 1. The van der Waals surface area contributed by atoms with Crippen LogP contribution in [0.25, 0.3) is 0 Å². The van der Waals surface area contributed by atoms with Crippen LogP contribution in [-0.2, 0) is 15.0 Å². The summed E-state index contributed by atoms with van der Waals surface area (Å²) in [5.74, 6) is 0.262. The number of amides is 2. The molecular weight excluding hydrogens is 320 g/mol. The molecule has 24 heavy (non-hydrogen) atoms. The maximum atomic E-state index is 12.3. The molecular formula is C19H28N2O2S. The number of carbonyl (C=O) groups is 2. The molecule has 0 bridgehead atoms. The van der Waals surface area contributed by atoms with Crippen molar-refractivity contribution in [3.05, 3.63) is 29.3 Å². The molecule has 0 saturated heterocycles. The minimum atomic E-state index is -0.0655. The van der Waals surface area contributed by atoms with Crippen LogP contribution in [0, 0.1) is 6.92 Å². The van der Waals surface area contributed by atoms with Crippen LogP contribution in [0.5, 0.6) is 0 Å². The first kappa shape index (κ1) is 18.8. The summed E-state index contributed by atoms with van der Waals surface area (Å²) < 4.78 is 0. The van der Waals surface area contributed by atoms with Gasteiger partial charge in [0.15, 0.2) is 0 Å². The quantitative estimate of drug-likeness (QED) is 0.804. The highest BCUT2D eigenvalue weighted by molar-refractivity contribution is 8.00. The molecule has 4 nitrogen and oxygen atoms in total. The molecule has 0 atom stereocenters. The number of aryl methyl sites for hydroxylation is 1. The van der Waals surface area contributed by atoms with Crippen LogP contribution in [0.1, 0.15) is 44.7 Å². The number of hydrogen-bond acceptors (Lipinski definition) is 3. The Morgan fingerprint density at radius 3 is 2.54 bits per heavy atom. The van der Waals surface area contributed by atoms with E-state index in [0.29, 0.717) is 11.8 Å². The predicted octanol–water partition coefficient (Wildman–Crippen LogP) is 3.12. The van der Waals surface area contributed by atoms with E-state index in [4.69, 9.17) is 0 Å². The molecule has 2 rings (SSSR count). The van der Waals surface area contributed by atoms with Crippen molar-refractivity contribution in [3.8, 4) is 0 Å². The number of benzene rings is 1. The average Bonchev–Trinajstić information content (AvgIpc) is 3.28. The molecule has 0 aromatic heterocycles. The van der Waals surface area contributed by atoms with Crippen molar-refractivity contribution in [3.63, 3.8) is 0 Å². The van der Waals surface area contributed by atoms with Crippen molar-refractivity contribution >= 4 is 23.6 Å². The molecule has 0 radical (unpaired) electrons. The number of nitrogens with one attached hydrogen (secondary N) is 1. The number of nitrogens with zero attached hydrogens (tertiary/aromatic N) is 1. The Labute approximate surface area is 149 Å². The summed E-state index contributed by atoms with van der Waals surface area (Å²) in [5, 5.41) is 2.91. The smallest absolute Gasteiger partial charge is 0.239 e. The lowest BCUT2D eigenvalue weighted by atomic mass is 9.87. The Kier molecular flexibility index (Phi) is 5.97. The molecule has 1 aromatic carbocycles. The summed E-state index contributed by atoms with van der Waals surface area (Å²) in [6, 6.07) is 6.76. The number of rotatable bonds is 6. The van der Waals surface area contributed by atoms with E-state index in [9.17, 15) is 9.59 Å². The third-order valence-corrected chi connectivity index (χ3v) is 5.30. The van der Waals surface area contributed by atoms with Crippen LogP contribution in [-0.4, -0.2) is 42.1 Å². The van der Waals surface area contributed by atoms with Crippen LogP contribution in [0.3, 0.4) is 0 Å². The van der Waals surface area contributed by atoms with Crippen molar-refractivity contribution in [1.29, 1.82) is 0 Å². The highest BCUT2D eigenvalue weighted by atomic mass is 32.2. The summed E-state index contributed by atoms with van der Waals surface area (Å²) in [4.78, 5) is 26.7. The molecule has 1 fully saturated rings. The van der Waals surface area contributed by atoms with E-state index in [2.05, 4.69) is 51.2 Å². The summed E-state index contributed by atoms with van der Waals surface area (Å²) >= 11 is 1.54. The molecule has 1 N–H and O–H groups in total. The van der Waals surface area contributed by atoms with Gasteiger partial charge in [-0.15, -0.1) is 11.8 Å². The topological polar surface area (TPSA) is 49.4 Å². The van der Waals surface area contributed by atoms with E-state index in [1.165, 1.54) is 16.0 Å². The maximum Gasteiger partial charge on any atom is 0.239 e. The third kappa shape index (κ3) is 5.55. The van der Waals surface area contributed by atoms with Crippen LogP contribution in [0.2, 0.25) is 0 Å². The van der Waals surface area contributed by atoms with Gasteiger partial charge in [0.25, 0.3) is 0 Å². The van der Waals surface area contributed by atoms with Crippen molar-refractivity contribution in [1.82, 2.24) is 10.2 Å². The number of carbonyl (C=O) groups excluding carboxylic acids is 2. The van der Waals surface area contributed by atoms with E-state index in [0.717, 1.165) is 17.7 Å². The lowest BCUT2D eigenvalue weighted by molar-refractivity contribution is -0.132. The highest BCUT2D eigenvalue weighted by Gasteiger charge is 2.24. The second-order valence-electron chi connectivity index (χ2n) is 7.61.